The van der Waals surface area contributed by atoms with Crippen molar-refractivity contribution >= 4 is 41.6 Å². The lowest BCUT2D eigenvalue weighted by atomic mass is 10.2. The Hall–Kier alpha value is -0.640. The van der Waals surface area contributed by atoms with Crippen molar-refractivity contribution in [2.75, 3.05) is 0 Å². The molecule has 14 heavy (non-hydrogen) atoms. The van der Waals surface area contributed by atoms with E-state index in [1.807, 2.05) is 6.07 Å². The molecule has 0 aromatic heterocycles. The van der Waals surface area contributed by atoms with Gasteiger partial charge in [0.2, 0.25) is 0 Å². The third-order valence-electron chi connectivity index (χ3n) is 1.47. The van der Waals surface area contributed by atoms with Crippen LogP contribution >= 0.6 is 35.6 Å². The largest absolute Gasteiger partial charge is 0.370 e. The number of halogens is 3. The van der Waals surface area contributed by atoms with Crippen molar-refractivity contribution < 1.29 is 0 Å². The van der Waals surface area contributed by atoms with E-state index in [1.54, 1.807) is 12.1 Å². The molecule has 0 fully saturated rings. The van der Waals surface area contributed by atoms with Crippen LogP contribution in [0.1, 0.15) is 5.56 Å². The zero-order chi connectivity index (χ0) is 9.84. The van der Waals surface area contributed by atoms with Crippen LogP contribution in [0.15, 0.2) is 18.2 Å². The fraction of sp³-hybridized carbons (Fsp3) is 0.125. The second-order valence-corrected chi connectivity index (χ2v) is 3.33. The summed E-state index contributed by atoms with van der Waals surface area (Å²) in [5, 5.41) is 10.6. The number of hydrogen-bond acceptors (Lipinski definition) is 1. The van der Waals surface area contributed by atoms with Crippen molar-refractivity contribution in [3.8, 4) is 0 Å². The number of rotatable bonds is 2. The van der Waals surface area contributed by atoms with E-state index < -0.39 is 0 Å². The van der Waals surface area contributed by atoms with Crippen LogP contribution in [-0.4, -0.2) is 5.96 Å². The Kier molecular flexibility index (Phi) is 5.69. The normalized spacial score (nSPS) is 9.00. The van der Waals surface area contributed by atoms with Gasteiger partial charge in [0, 0.05) is 6.54 Å². The third-order valence-corrected chi connectivity index (χ3v) is 2.21. The van der Waals surface area contributed by atoms with E-state index in [-0.39, 0.29) is 18.4 Å². The molecule has 0 saturated carbocycles. The topological polar surface area (TPSA) is 61.9 Å². The Bertz CT molecular complexity index is 328. The second kappa shape index (κ2) is 5.96. The van der Waals surface area contributed by atoms with Gasteiger partial charge in [-0.1, -0.05) is 29.3 Å². The molecule has 0 saturated heterocycles. The Morgan fingerprint density at radius 2 is 2.00 bits per heavy atom. The Labute approximate surface area is 98.5 Å². The molecular weight excluding hydrogens is 244 g/mol. The highest BCUT2D eigenvalue weighted by atomic mass is 35.5. The molecule has 0 heterocycles. The summed E-state index contributed by atoms with van der Waals surface area (Å²) in [5.41, 5.74) is 6.06. The third kappa shape index (κ3) is 4.05. The predicted molar refractivity (Wildman–Crippen MR) is 62.5 cm³/mol. The predicted octanol–water partition coefficient (Wildman–Crippen LogP) is 2.40. The van der Waals surface area contributed by atoms with Gasteiger partial charge >= 0.3 is 0 Å². The average Bonchev–Trinajstić information content (AvgIpc) is 2.07. The molecule has 0 bridgehead atoms. The summed E-state index contributed by atoms with van der Waals surface area (Å²) in [4.78, 5) is 0. The van der Waals surface area contributed by atoms with Gasteiger partial charge in [0.25, 0.3) is 0 Å². The molecule has 0 spiro atoms. The van der Waals surface area contributed by atoms with Gasteiger partial charge in [0.05, 0.1) is 10.0 Å². The molecule has 0 aliphatic rings. The van der Waals surface area contributed by atoms with Crippen LogP contribution in [0.2, 0.25) is 10.0 Å². The molecule has 0 atom stereocenters. The van der Waals surface area contributed by atoms with Crippen LogP contribution in [0.25, 0.3) is 0 Å². The molecule has 78 valence electrons. The molecule has 4 N–H and O–H groups in total. The van der Waals surface area contributed by atoms with Crippen molar-refractivity contribution in [1.29, 1.82) is 5.41 Å². The number of nitrogens with two attached hydrogens (primary N) is 1. The fourth-order valence-corrected chi connectivity index (χ4v) is 1.17. The monoisotopic (exact) mass is 253 g/mol. The summed E-state index contributed by atoms with van der Waals surface area (Å²) in [6, 6.07) is 5.27. The Morgan fingerprint density at radius 1 is 1.36 bits per heavy atom. The molecule has 6 heteroatoms. The fourth-order valence-electron chi connectivity index (χ4n) is 0.847. The lowest BCUT2D eigenvalue weighted by Crippen LogP contribution is -2.29. The first-order valence-corrected chi connectivity index (χ1v) is 4.37. The number of benzene rings is 1. The summed E-state index contributed by atoms with van der Waals surface area (Å²) in [6.45, 7) is 0.478. The van der Waals surface area contributed by atoms with Gasteiger partial charge in [-0.3, -0.25) is 5.41 Å². The highest BCUT2D eigenvalue weighted by molar-refractivity contribution is 6.42. The first kappa shape index (κ1) is 13.4. The molecule has 0 aliphatic heterocycles. The quantitative estimate of drug-likeness (QED) is 0.560. The van der Waals surface area contributed by atoms with E-state index in [1.165, 1.54) is 0 Å². The number of hydrogen-bond donors (Lipinski definition) is 3. The first-order valence-electron chi connectivity index (χ1n) is 3.61. The van der Waals surface area contributed by atoms with Crippen LogP contribution in [0.4, 0.5) is 0 Å². The Morgan fingerprint density at radius 3 is 2.50 bits per heavy atom. The number of guanidine groups is 1. The van der Waals surface area contributed by atoms with E-state index in [0.29, 0.717) is 16.6 Å². The molecule has 0 aliphatic carbocycles. The molecule has 0 amide bonds. The van der Waals surface area contributed by atoms with Crippen LogP contribution in [0.3, 0.4) is 0 Å². The van der Waals surface area contributed by atoms with E-state index in [9.17, 15) is 0 Å². The number of nitrogens with one attached hydrogen (secondary N) is 2. The molecule has 1 aromatic rings. The van der Waals surface area contributed by atoms with Crippen molar-refractivity contribution in [3.63, 3.8) is 0 Å². The molecule has 3 nitrogen and oxygen atoms in total. The van der Waals surface area contributed by atoms with Crippen molar-refractivity contribution in [2.24, 2.45) is 5.73 Å². The van der Waals surface area contributed by atoms with Crippen LogP contribution in [0, 0.1) is 5.41 Å². The molecule has 1 rings (SSSR count). The summed E-state index contributed by atoms with van der Waals surface area (Å²) in [7, 11) is 0. The molecule has 0 unspecified atom stereocenters. The minimum absolute atomic E-state index is 0. The highest BCUT2D eigenvalue weighted by Gasteiger charge is 1.98. The van der Waals surface area contributed by atoms with Gasteiger partial charge < -0.3 is 11.1 Å². The van der Waals surface area contributed by atoms with E-state index in [0.717, 1.165) is 5.56 Å². The summed E-state index contributed by atoms with van der Waals surface area (Å²) in [5.74, 6) is -0.0638. The zero-order valence-corrected chi connectivity index (χ0v) is 9.51. The minimum Gasteiger partial charge on any atom is -0.370 e. The molecular formula is C8H10Cl3N3. The Balaban J connectivity index is 0.00000169. The lowest BCUT2D eigenvalue weighted by Gasteiger charge is -2.04. The van der Waals surface area contributed by atoms with Crippen molar-refractivity contribution in [1.82, 2.24) is 5.32 Å². The van der Waals surface area contributed by atoms with E-state index in [2.05, 4.69) is 5.32 Å². The maximum absolute atomic E-state index is 6.95. The maximum atomic E-state index is 6.95. The van der Waals surface area contributed by atoms with Crippen molar-refractivity contribution in [3.05, 3.63) is 33.8 Å². The highest BCUT2D eigenvalue weighted by Crippen LogP contribution is 2.22. The minimum atomic E-state index is -0.0638. The van der Waals surface area contributed by atoms with Gasteiger partial charge in [-0.25, -0.2) is 0 Å². The van der Waals surface area contributed by atoms with Gasteiger partial charge in [-0.15, -0.1) is 12.4 Å². The SMILES string of the molecule is Cl.N=C(N)NCc1ccc(Cl)c(Cl)c1. The van der Waals surface area contributed by atoms with Gasteiger partial charge in [0.15, 0.2) is 5.96 Å². The summed E-state index contributed by atoms with van der Waals surface area (Å²) >= 11 is 11.5. The lowest BCUT2D eigenvalue weighted by molar-refractivity contribution is 0.897. The van der Waals surface area contributed by atoms with Gasteiger partial charge in [-0.2, -0.15) is 0 Å². The first-order chi connectivity index (χ1) is 6.09. The average molecular weight is 255 g/mol. The van der Waals surface area contributed by atoms with E-state index in [4.69, 9.17) is 34.3 Å². The van der Waals surface area contributed by atoms with Gasteiger partial charge in [-0.05, 0) is 17.7 Å². The van der Waals surface area contributed by atoms with Crippen LogP contribution < -0.4 is 11.1 Å². The smallest absolute Gasteiger partial charge is 0.185 e. The second-order valence-electron chi connectivity index (χ2n) is 2.52. The van der Waals surface area contributed by atoms with Gasteiger partial charge in [0.1, 0.15) is 0 Å². The standard InChI is InChI=1S/C8H9Cl2N3.ClH/c9-6-2-1-5(3-7(6)10)4-13-8(11)12;/h1-3H,4H2,(H4,11,12,13);1H. The van der Waals surface area contributed by atoms with Crippen LogP contribution in [-0.2, 0) is 6.54 Å². The van der Waals surface area contributed by atoms with Crippen molar-refractivity contribution in [2.45, 2.75) is 6.54 Å². The zero-order valence-electron chi connectivity index (χ0n) is 7.18. The summed E-state index contributed by atoms with van der Waals surface area (Å²) < 4.78 is 0. The van der Waals surface area contributed by atoms with E-state index >= 15 is 0 Å². The maximum Gasteiger partial charge on any atom is 0.185 e. The summed E-state index contributed by atoms with van der Waals surface area (Å²) in [6.07, 6.45) is 0. The molecule has 1 aromatic carbocycles. The van der Waals surface area contributed by atoms with Crippen LogP contribution in [0.5, 0.6) is 0 Å². The molecule has 0 radical (unpaired) electrons.